The van der Waals surface area contributed by atoms with Crippen LogP contribution in [0.15, 0.2) is 30.3 Å². The van der Waals surface area contributed by atoms with Crippen molar-refractivity contribution in [1.82, 2.24) is 4.72 Å². The van der Waals surface area contributed by atoms with Gasteiger partial charge in [-0.05, 0) is 24.8 Å². The van der Waals surface area contributed by atoms with Crippen LogP contribution in [0.4, 0.5) is 0 Å². The first-order chi connectivity index (χ1) is 9.94. The predicted molar refractivity (Wildman–Crippen MR) is 78.0 cm³/mol. The van der Waals surface area contributed by atoms with Gasteiger partial charge in [-0.3, -0.25) is 4.79 Å². The molecule has 0 radical (unpaired) electrons. The summed E-state index contributed by atoms with van der Waals surface area (Å²) in [5.74, 6) is -1.38. The summed E-state index contributed by atoms with van der Waals surface area (Å²) in [6, 6.07) is 9.59. The zero-order valence-electron chi connectivity index (χ0n) is 11.5. The number of nitrogens with zero attached hydrogens (tertiary/aromatic N) is 1. The third-order valence-corrected chi connectivity index (χ3v) is 4.32. The van der Waals surface area contributed by atoms with E-state index in [-0.39, 0.29) is 12.2 Å². The van der Waals surface area contributed by atoms with E-state index in [4.69, 9.17) is 10.4 Å². The topological polar surface area (TPSA) is 107 Å². The number of hydrogen-bond acceptors (Lipinski definition) is 4. The first-order valence-electron chi connectivity index (χ1n) is 6.58. The second kappa shape index (κ2) is 8.39. The van der Waals surface area contributed by atoms with Gasteiger partial charge in [-0.2, -0.15) is 5.26 Å². The lowest BCUT2D eigenvalue weighted by atomic mass is 10.1. The number of rotatable bonds is 9. The minimum absolute atomic E-state index is 0.0909. The number of unbranched alkanes of at least 4 members (excludes halogenated alkanes) is 2. The number of sulfonamides is 1. The lowest BCUT2D eigenvalue weighted by molar-refractivity contribution is -0.138. The Morgan fingerprint density at radius 3 is 2.52 bits per heavy atom. The predicted octanol–water partition coefficient (Wildman–Crippen LogP) is 1.30. The van der Waals surface area contributed by atoms with Crippen molar-refractivity contribution in [2.45, 2.75) is 31.7 Å². The number of carboxylic acid groups (broad SMARTS) is 1. The van der Waals surface area contributed by atoms with E-state index in [1.54, 1.807) is 30.3 Å². The normalized spacial score (nSPS) is 12.5. The summed E-state index contributed by atoms with van der Waals surface area (Å²) in [4.78, 5) is 11.2. The summed E-state index contributed by atoms with van der Waals surface area (Å²) in [6.07, 6.45) is 1.20. The van der Waals surface area contributed by atoms with Crippen molar-refractivity contribution < 1.29 is 18.3 Å². The van der Waals surface area contributed by atoms with Gasteiger partial charge < -0.3 is 5.11 Å². The van der Waals surface area contributed by atoms with Crippen LogP contribution in [-0.4, -0.2) is 31.3 Å². The molecule has 1 atom stereocenters. The SMILES string of the molecule is N#CCCCCS(=O)(=O)N[C@@H](Cc1ccccc1)C(=O)O. The van der Waals surface area contributed by atoms with Gasteiger partial charge in [-0.25, -0.2) is 13.1 Å². The molecule has 6 nitrogen and oxygen atoms in total. The molecule has 0 heterocycles. The molecule has 0 bridgehead atoms. The summed E-state index contributed by atoms with van der Waals surface area (Å²) >= 11 is 0. The molecule has 21 heavy (non-hydrogen) atoms. The molecule has 0 saturated carbocycles. The van der Waals surface area contributed by atoms with Gasteiger partial charge in [-0.15, -0.1) is 0 Å². The van der Waals surface area contributed by atoms with Gasteiger partial charge in [0.2, 0.25) is 10.0 Å². The van der Waals surface area contributed by atoms with E-state index in [0.717, 1.165) is 5.56 Å². The van der Waals surface area contributed by atoms with Gasteiger partial charge in [0.15, 0.2) is 0 Å². The Kier molecular flexibility index (Phi) is 6.85. The van der Waals surface area contributed by atoms with Crippen LogP contribution in [0, 0.1) is 11.3 Å². The standard InChI is InChI=1S/C14H18N2O4S/c15-9-5-2-6-10-21(19,20)16-13(14(17)18)11-12-7-3-1-4-8-12/h1,3-4,7-8,13,16H,2,5-6,10-11H2,(H,17,18)/t13-/m0/s1. The Bertz CT molecular complexity index is 593. The van der Waals surface area contributed by atoms with Crippen LogP contribution in [0.1, 0.15) is 24.8 Å². The van der Waals surface area contributed by atoms with Crippen molar-refractivity contribution in [2.24, 2.45) is 0 Å². The van der Waals surface area contributed by atoms with Crippen molar-refractivity contribution in [3.8, 4) is 6.07 Å². The van der Waals surface area contributed by atoms with Crippen molar-refractivity contribution >= 4 is 16.0 Å². The first-order valence-corrected chi connectivity index (χ1v) is 8.23. The molecule has 0 fully saturated rings. The van der Waals surface area contributed by atoms with E-state index in [0.29, 0.717) is 19.3 Å². The van der Waals surface area contributed by atoms with Crippen molar-refractivity contribution in [2.75, 3.05) is 5.75 Å². The smallest absolute Gasteiger partial charge is 0.322 e. The lowest BCUT2D eigenvalue weighted by Gasteiger charge is -2.14. The third-order valence-electron chi connectivity index (χ3n) is 2.85. The Morgan fingerprint density at radius 2 is 1.95 bits per heavy atom. The molecule has 1 rings (SSSR count). The van der Waals surface area contributed by atoms with E-state index in [2.05, 4.69) is 4.72 Å². The first kappa shape index (κ1) is 17.1. The molecule has 0 aromatic heterocycles. The Balaban J connectivity index is 2.61. The molecule has 0 aliphatic rings. The van der Waals surface area contributed by atoms with E-state index in [1.807, 2.05) is 6.07 Å². The molecular formula is C14H18N2O4S. The Morgan fingerprint density at radius 1 is 1.29 bits per heavy atom. The highest BCUT2D eigenvalue weighted by molar-refractivity contribution is 7.89. The fraction of sp³-hybridized carbons (Fsp3) is 0.429. The minimum Gasteiger partial charge on any atom is -0.480 e. The number of nitrogens with one attached hydrogen (secondary N) is 1. The number of nitriles is 1. The quantitative estimate of drug-likeness (QED) is 0.668. The van der Waals surface area contributed by atoms with Gasteiger partial charge in [-0.1, -0.05) is 30.3 Å². The largest absolute Gasteiger partial charge is 0.480 e. The fourth-order valence-electron chi connectivity index (χ4n) is 1.80. The summed E-state index contributed by atoms with van der Waals surface area (Å²) in [5.41, 5.74) is 0.747. The van der Waals surface area contributed by atoms with Gasteiger partial charge in [0, 0.05) is 6.42 Å². The molecule has 0 aliphatic heterocycles. The Hall–Kier alpha value is -1.91. The molecule has 2 N–H and O–H groups in total. The maximum absolute atomic E-state index is 11.8. The van der Waals surface area contributed by atoms with E-state index in [9.17, 15) is 13.2 Å². The second-order valence-electron chi connectivity index (χ2n) is 4.63. The molecular weight excluding hydrogens is 292 g/mol. The summed E-state index contributed by atoms with van der Waals surface area (Å²) in [7, 11) is -3.67. The lowest BCUT2D eigenvalue weighted by Crippen LogP contribution is -2.43. The number of aliphatic carboxylic acids is 1. The zero-order chi connectivity index (χ0) is 15.7. The summed E-state index contributed by atoms with van der Waals surface area (Å²) in [6.45, 7) is 0. The number of carboxylic acids is 1. The van der Waals surface area contributed by atoms with Crippen LogP contribution in [-0.2, 0) is 21.2 Å². The molecule has 114 valence electrons. The highest BCUT2D eigenvalue weighted by Gasteiger charge is 2.23. The zero-order valence-corrected chi connectivity index (χ0v) is 12.3. The second-order valence-corrected chi connectivity index (χ2v) is 6.51. The third kappa shape index (κ3) is 6.88. The fourth-order valence-corrected chi connectivity index (χ4v) is 3.12. The maximum Gasteiger partial charge on any atom is 0.322 e. The van der Waals surface area contributed by atoms with Crippen molar-refractivity contribution in [3.63, 3.8) is 0 Å². The van der Waals surface area contributed by atoms with Crippen LogP contribution >= 0.6 is 0 Å². The molecule has 0 amide bonds. The average Bonchev–Trinajstić information content (AvgIpc) is 2.44. The molecule has 0 spiro atoms. The van der Waals surface area contributed by atoms with E-state index in [1.165, 1.54) is 0 Å². The maximum atomic E-state index is 11.8. The Labute approximate surface area is 124 Å². The van der Waals surface area contributed by atoms with Crippen LogP contribution in [0.5, 0.6) is 0 Å². The molecule has 1 aromatic rings. The number of benzene rings is 1. The summed E-state index contributed by atoms with van der Waals surface area (Å²) < 4.78 is 25.9. The molecule has 0 aliphatic carbocycles. The van der Waals surface area contributed by atoms with Gasteiger partial charge >= 0.3 is 5.97 Å². The van der Waals surface area contributed by atoms with E-state index >= 15 is 0 Å². The van der Waals surface area contributed by atoms with Gasteiger partial charge in [0.1, 0.15) is 6.04 Å². The molecule has 1 aromatic carbocycles. The van der Waals surface area contributed by atoms with Crippen LogP contribution < -0.4 is 4.72 Å². The van der Waals surface area contributed by atoms with E-state index < -0.39 is 22.0 Å². The van der Waals surface area contributed by atoms with Crippen LogP contribution in [0.2, 0.25) is 0 Å². The van der Waals surface area contributed by atoms with Crippen LogP contribution in [0.3, 0.4) is 0 Å². The monoisotopic (exact) mass is 310 g/mol. The summed E-state index contributed by atoms with van der Waals surface area (Å²) in [5, 5.41) is 17.5. The highest BCUT2D eigenvalue weighted by atomic mass is 32.2. The van der Waals surface area contributed by atoms with Crippen molar-refractivity contribution in [1.29, 1.82) is 5.26 Å². The van der Waals surface area contributed by atoms with Crippen molar-refractivity contribution in [3.05, 3.63) is 35.9 Å². The van der Waals surface area contributed by atoms with Crippen LogP contribution in [0.25, 0.3) is 0 Å². The highest BCUT2D eigenvalue weighted by Crippen LogP contribution is 2.06. The number of hydrogen-bond donors (Lipinski definition) is 2. The molecule has 0 saturated heterocycles. The van der Waals surface area contributed by atoms with Gasteiger partial charge in [0.25, 0.3) is 0 Å². The number of carbonyl (C=O) groups is 1. The molecule has 7 heteroatoms. The average molecular weight is 310 g/mol. The molecule has 0 unspecified atom stereocenters. The van der Waals surface area contributed by atoms with Gasteiger partial charge in [0.05, 0.1) is 11.8 Å². The minimum atomic E-state index is -3.67.